The van der Waals surface area contributed by atoms with Crippen LogP contribution >= 0.6 is 0 Å². The summed E-state index contributed by atoms with van der Waals surface area (Å²) in [7, 11) is 2.78. The summed E-state index contributed by atoms with van der Waals surface area (Å²) in [4.78, 5) is 22.1. The van der Waals surface area contributed by atoms with E-state index in [1.165, 1.54) is 13.2 Å². The highest BCUT2D eigenvalue weighted by Gasteiger charge is 2.24. The van der Waals surface area contributed by atoms with Crippen LogP contribution in [0.25, 0.3) is 0 Å². The summed E-state index contributed by atoms with van der Waals surface area (Å²) in [6, 6.07) is 3.03. The highest BCUT2D eigenvalue weighted by Crippen LogP contribution is 2.28. The Morgan fingerprint density at radius 3 is 2.60 bits per heavy atom. The number of hydrogen-bond acceptors (Lipinski definition) is 6. The Hall–Kier alpha value is -2.15. The lowest BCUT2D eigenvalue weighted by Gasteiger charge is -2.13. The predicted molar refractivity (Wildman–Crippen MR) is 74.1 cm³/mol. The molecule has 20 heavy (non-hydrogen) atoms. The molecule has 1 aromatic carbocycles. The zero-order valence-corrected chi connectivity index (χ0v) is 11.9. The molecule has 0 radical (unpaired) electrons. The van der Waals surface area contributed by atoms with Gasteiger partial charge in [-0.25, -0.2) is 4.79 Å². The average molecular weight is 282 g/mol. The second kappa shape index (κ2) is 6.85. The van der Waals surface area contributed by atoms with Gasteiger partial charge in [0.15, 0.2) is 0 Å². The van der Waals surface area contributed by atoms with Gasteiger partial charge in [-0.2, -0.15) is 0 Å². The quantitative estimate of drug-likeness (QED) is 0.488. The van der Waals surface area contributed by atoms with Gasteiger partial charge in [0.25, 0.3) is 5.69 Å². The first-order valence-corrected chi connectivity index (χ1v) is 6.04. The second-order valence-corrected chi connectivity index (χ2v) is 4.37. The minimum Gasteiger partial charge on any atom is -0.465 e. The van der Waals surface area contributed by atoms with E-state index in [9.17, 15) is 14.9 Å². The van der Waals surface area contributed by atoms with Crippen LogP contribution in [0.3, 0.4) is 0 Å². The van der Waals surface area contributed by atoms with Crippen molar-refractivity contribution < 1.29 is 19.2 Å². The molecule has 0 heterocycles. The Morgan fingerprint density at radius 1 is 1.45 bits per heavy atom. The van der Waals surface area contributed by atoms with Crippen molar-refractivity contribution in [1.29, 1.82) is 0 Å². The molecule has 0 fully saturated rings. The fourth-order valence-corrected chi connectivity index (χ4v) is 1.73. The predicted octanol–water partition coefficient (Wildman–Crippen LogP) is 2.14. The molecule has 1 atom stereocenters. The van der Waals surface area contributed by atoms with Crippen molar-refractivity contribution in [2.45, 2.75) is 20.0 Å². The molecule has 1 N–H and O–H groups in total. The van der Waals surface area contributed by atoms with Crippen LogP contribution < -0.4 is 5.32 Å². The van der Waals surface area contributed by atoms with E-state index in [4.69, 9.17) is 4.74 Å². The van der Waals surface area contributed by atoms with Crippen molar-refractivity contribution in [2.75, 3.05) is 26.1 Å². The lowest BCUT2D eigenvalue weighted by atomic mass is 10.1. The standard InChI is InChI=1S/C13H18N2O5/c1-8-5-10(14-7-9(2)19-3)6-11(13(16)20-4)12(8)15(17)18/h5-6,9,14H,7H2,1-4H3. The number of benzene rings is 1. The number of carbonyl (C=O) groups excluding carboxylic acids is 1. The molecule has 0 aliphatic heterocycles. The Balaban J connectivity index is 3.15. The molecule has 7 nitrogen and oxygen atoms in total. The zero-order valence-electron chi connectivity index (χ0n) is 11.9. The molecule has 110 valence electrons. The first-order valence-electron chi connectivity index (χ1n) is 6.04. The van der Waals surface area contributed by atoms with Crippen LogP contribution in [0.4, 0.5) is 11.4 Å². The van der Waals surface area contributed by atoms with Gasteiger partial charge in [0.05, 0.1) is 18.1 Å². The van der Waals surface area contributed by atoms with Gasteiger partial charge < -0.3 is 14.8 Å². The van der Waals surface area contributed by atoms with E-state index in [-0.39, 0.29) is 17.4 Å². The molecule has 1 aromatic rings. The maximum Gasteiger partial charge on any atom is 0.344 e. The normalized spacial score (nSPS) is 11.8. The average Bonchev–Trinajstić information content (AvgIpc) is 2.42. The topological polar surface area (TPSA) is 90.7 Å². The molecule has 0 bridgehead atoms. The van der Waals surface area contributed by atoms with Crippen LogP contribution in [0, 0.1) is 17.0 Å². The van der Waals surface area contributed by atoms with E-state index in [0.29, 0.717) is 17.8 Å². The summed E-state index contributed by atoms with van der Waals surface area (Å²) in [6.07, 6.45) is -0.0212. The highest BCUT2D eigenvalue weighted by atomic mass is 16.6. The minimum atomic E-state index is -0.733. The monoisotopic (exact) mass is 282 g/mol. The molecule has 0 saturated carbocycles. The fourth-order valence-electron chi connectivity index (χ4n) is 1.73. The molecule has 1 unspecified atom stereocenters. The third-order valence-corrected chi connectivity index (χ3v) is 2.88. The van der Waals surface area contributed by atoms with E-state index in [2.05, 4.69) is 10.1 Å². The molecule has 0 aromatic heterocycles. The molecular formula is C13H18N2O5. The number of nitrogens with zero attached hydrogens (tertiary/aromatic N) is 1. The summed E-state index contributed by atoms with van der Waals surface area (Å²) >= 11 is 0. The van der Waals surface area contributed by atoms with Crippen LogP contribution in [0.1, 0.15) is 22.8 Å². The number of anilines is 1. The minimum absolute atomic E-state index is 0.0212. The third kappa shape index (κ3) is 3.67. The molecule has 0 spiro atoms. The third-order valence-electron chi connectivity index (χ3n) is 2.88. The van der Waals surface area contributed by atoms with Gasteiger partial charge >= 0.3 is 5.97 Å². The number of ether oxygens (including phenoxy) is 2. The Morgan fingerprint density at radius 2 is 2.10 bits per heavy atom. The highest BCUT2D eigenvalue weighted by molar-refractivity contribution is 5.95. The Bertz CT molecular complexity index is 516. The number of nitro groups is 1. The van der Waals surface area contributed by atoms with Gasteiger partial charge in [-0.15, -0.1) is 0 Å². The van der Waals surface area contributed by atoms with E-state index >= 15 is 0 Å². The maximum atomic E-state index is 11.7. The number of nitro benzene ring substituents is 1. The Kier molecular flexibility index (Phi) is 5.45. The number of aryl methyl sites for hydroxylation is 1. The van der Waals surface area contributed by atoms with Gasteiger partial charge in [-0.1, -0.05) is 0 Å². The molecule has 0 amide bonds. The smallest absolute Gasteiger partial charge is 0.344 e. The number of rotatable bonds is 6. The van der Waals surface area contributed by atoms with E-state index < -0.39 is 10.9 Å². The van der Waals surface area contributed by atoms with Crippen molar-refractivity contribution >= 4 is 17.3 Å². The number of carbonyl (C=O) groups is 1. The zero-order chi connectivity index (χ0) is 15.3. The summed E-state index contributed by atoms with van der Waals surface area (Å²) in [5.41, 5.74) is 0.704. The SMILES string of the molecule is COC(=O)c1cc(NCC(C)OC)cc(C)c1[N+](=O)[O-]. The van der Waals surface area contributed by atoms with E-state index in [1.807, 2.05) is 6.92 Å². The van der Waals surface area contributed by atoms with Crippen LogP contribution in [-0.2, 0) is 9.47 Å². The van der Waals surface area contributed by atoms with Crippen LogP contribution in [0.15, 0.2) is 12.1 Å². The number of nitrogens with one attached hydrogen (secondary N) is 1. The first kappa shape index (κ1) is 15.9. The molecular weight excluding hydrogens is 264 g/mol. The van der Waals surface area contributed by atoms with Crippen molar-refractivity contribution in [1.82, 2.24) is 0 Å². The van der Waals surface area contributed by atoms with Crippen molar-refractivity contribution in [2.24, 2.45) is 0 Å². The number of hydrogen-bond donors (Lipinski definition) is 1. The van der Waals surface area contributed by atoms with Gasteiger partial charge in [-0.05, 0) is 26.0 Å². The summed E-state index contributed by atoms with van der Waals surface area (Å²) in [6.45, 7) is 3.98. The van der Waals surface area contributed by atoms with Crippen LogP contribution in [0.5, 0.6) is 0 Å². The van der Waals surface area contributed by atoms with Gasteiger partial charge in [0.1, 0.15) is 5.56 Å². The summed E-state index contributed by atoms with van der Waals surface area (Å²) < 4.78 is 9.69. The van der Waals surface area contributed by atoms with Crippen molar-refractivity contribution in [3.8, 4) is 0 Å². The largest absolute Gasteiger partial charge is 0.465 e. The van der Waals surface area contributed by atoms with Gasteiger partial charge in [0.2, 0.25) is 0 Å². The van der Waals surface area contributed by atoms with Crippen LogP contribution in [0.2, 0.25) is 0 Å². The van der Waals surface area contributed by atoms with Crippen molar-refractivity contribution in [3.63, 3.8) is 0 Å². The lowest BCUT2D eigenvalue weighted by molar-refractivity contribution is -0.385. The number of esters is 1. The molecule has 1 rings (SSSR count). The van der Waals surface area contributed by atoms with E-state index in [1.54, 1.807) is 20.1 Å². The van der Waals surface area contributed by atoms with Crippen LogP contribution in [-0.4, -0.2) is 37.8 Å². The summed E-state index contributed by atoms with van der Waals surface area (Å²) in [5, 5.41) is 14.1. The molecule has 7 heteroatoms. The molecule has 0 aliphatic carbocycles. The van der Waals surface area contributed by atoms with Crippen molar-refractivity contribution in [3.05, 3.63) is 33.4 Å². The molecule has 0 saturated heterocycles. The second-order valence-electron chi connectivity index (χ2n) is 4.37. The summed E-state index contributed by atoms with van der Waals surface area (Å²) in [5.74, 6) is -0.733. The van der Waals surface area contributed by atoms with Gasteiger partial charge in [0, 0.05) is 24.9 Å². The first-order chi connectivity index (χ1) is 9.40. The fraction of sp³-hybridized carbons (Fsp3) is 0.462. The molecule has 0 aliphatic rings. The van der Waals surface area contributed by atoms with E-state index in [0.717, 1.165) is 0 Å². The number of methoxy groups -OCH3 is 2. The van der Waals surface area contributed by atoms with Gasteiger partial charge in [-0.3, -0.25) is 10.1 Å². The Labute approximate surface area is 117 Å². The lowest BCUT2D eigenvalue weighted by Crippen LogP contribution is -2.18. The maximum absolute atomic E-state index is 11.7.